The minimum Gasteiger partial charge on any atom is -0.455 e. The molecule has 0 aliphatic heterocycles. The Labute approximate surface area is 136 Å². The number of ether oxygens (including phenoxy) is 1. The monoisotopic (exact) mass is 365 g/mol. The molecule has 1 aromatic heterocycles. The average Bonchev–Trinajstić information content (AvgIpc) is 3.15. The first-order chi connectivity index (χ1) is 10.5. The third kappa shape index (κ3) is 3.30. The molecular weight excluding hydrogens is 350 g/mol. The smallest absolute Gasteiger partial charge is 0.310 e. The van der Waals surface area contributed by atoms with Gasteiger partial charge in [-0.2, -0.15) is 4.98 Å². The number of aromatic nitrogens is 2. The second-order valence-corrected chi connectivity index (χ2v) is 6.41. The Morgan fingerprint density at radius 2 is 2.14 bits per heavy atom. The number of halogens is 1. The molecule has 0 N–H and O–H groups in total. The molecule has 1 heterocycles. The number of benzene rings is 1. The highest BCUT2D eigenvalue weighted by Gasteiger charge is 2.45. The number of hydrogen-bond donors (Lipinski definition) is 0. The van der Waals surface area contributed by atoms with Crippen molar-refractivity contribution in [1.82, 2.24) is 10.1 Å². The number of carbonyl (C=O) groups excluding carboxylic acids is 1. The van der Waals surface area contributed by atoms with Crippen molar-refractivity contribution in [1.29, 1.82) is 0 Å². The molecule has 1 aliphatic carbocycles. The fourth-order valence-electron chi connectivity index (χ4n) is 2.26. The fraction of sp³-hybridized carbons (Fsp3) is 0.400. The molecule has 1 fully saturated rings. The lowest BCUT2D eigenvalue weighted by Gasteiger charge is -2.03. The Bertz CT molecular complexity index is 669. The largest absolute Gasteiger partial charge is 0.455 e. The van der Waals surface area contributed by atoms with Gasteiger partial charge in [0.2, 0.25) is 0 Å². The van der Waals surface area contributed by atoms with Crippen molar-refractivity contribution in [3.63, 3.8) is 0 Å². The molecule has 1 saturated carbocycles. The Kier molecular flexibility index (Phi) is 4.15. The van der Waals surface area contributed by atoms with Gasteiger partial charge in [0.05, 0.1) is 5.92 Å². The second kappa shape index (κ2) is 6.08. The summed E-state index contributed by atoms with van der Waals surface area (Å²) in [6.07, 6.45) is 0.827. The highest BCUT2D eigenvalue weighted by atomic mass is 79.9. The van der Waals surface area contributed by atoms with E-state index in [1.54, 1.807) is 4.90 Å². The van der Waals surface area contributed by atoms with Gasteiger partial charge in [-0.1, -0.05) is 28.1 Å². The molecule has 3 rings (SSSR count). The van der Waals surface area contributed by atoms with Gasteiger partial charge in [-0.15, -0.1) is 0 Å². The van der Waals surface area contributed by atoms with Crippen LogP contribution in [0, 0.1) is 5.92 Å². The topological polar surface area (TPSA) is 68.5 Å². The highest BCUT2D eigenvalue weighted by Crippen LogP contribution is 2.48. The standard InChI is InChI=1S/C15H16BrN3O3/c1-19(2)15-17-13(22-18-15)8-21-14(20)12-7-11(12)9-3-5-10(16)6-4-9/h3-6,11-12H,7-8H2,1-2H3. The lowest BCUT2D eigenvalue weighted by Crippen LogP contribution is -2.11. The van der Waals surface area contributed by atoms with Crippen LogP contribution in [0.25, 0.3) is 0 Å². The van der Waals surface area contributed by atoms with Crippen molar-refractivity contribution in [2.75, 3.05) is 19.0 Å². The van der Waals surface area contributed by atoms with Crippen LogP contribution in [0.15, 0.2) is 33.3 Å². The van der Waals surface area contributed by atoms with Gasteiger partial charge < -0.3 is 14.2 Å². The van der Waals surface area contributed by atoms with Crippen LogP contribution in [0.2, 0.25) is 0 Å². The molecule has 2 atom stereocenters. The first-order valence-corrected chi connectivity index (χ1v) is 7.76. The van der Waals surface area contributed by atoms with Gasteiger partial charge >= 0.3 is 5.97 Å². The molecule has 22 heavy (non-hydrogen) atoms. The zero-order valence-corrected chi connectivity index (χ0v) is 13.9. The van der Waals surface area contributed by atoms with Crippen LogP contribution in [0.3, 0.4) is 0 Å². The Balaban J connectivity index is 1.52. The van der Waals surface area contributed by atoms with Crippen molar-refractivity contribution < 1.29 is 14.1 Å². The van der Waals surface area contributed by atoms with E-state index in [4.69, 9.17) is 9.26 Å². The number of esters is 1. The molecule has 0 saturated heterocycles. The summed E-state index contributed by atoms with van der Waals surface area (Å²) < 4.78 is 11.3. The number of carbonyl (C=O) groups is 1. The Hall–Kier alpha value is -1.89. The number of anilines is 1. The first kappa shape index (κ1) is 15.0. The van der Waals surface area contributed by atoms with Crippen LogP contribution in [0.4, 0.5) is 5.95 Å². The predicted octanol–water partition coefficient (Wildman–Crippen LogP) is 2.75. The van der Waals surface area contributed by atoms with Gasteiger partial charge in [-0.05, 0) is 35.2 Å². The lowest BCUT2D eigenvalue weighted by molar-refractivity contribution is -0.147. The summed E-state index contributed by atoms with van der Waals surface area (Å²) in [5.74, 6) is 0.735. The van der Waals surface area contributed by atoms with E-state index in [9.17, 15) is 4.79 Å². The molecule has 116 valence electrons. The molecule has 0 bridgehead atoms. The normalized spacial score (nSPS) is 19.8. The highest BCUT2D eigenvalue weighted by molar-refractivity contribution is 9.10. The molecule has 0 spiro atoms. The summed E-state index contributed by atoms with van der Waals surface area (Å²) in [7, 11) is 3.63. The fourth-order valence-corrected chi connectivity index (χ4v) is 2.52. The van der Waals surface area contributed by atoms with Gasteiger partial charge in [0.1, 0.15) is 0 Å². The van der Waals surface area contributed by atoms with E-state index in [0.29, 0.717) is 11.8 Å². The second-order valence-electron chi connectivity index (χ2n) is 5.49. The molecule has 1 aromatic carbocycles. The summed E-state index contributed by atoms with van der Waals surface area (Å²) in [5.41, 5.74) is 1.16. The quantitative estimate of drug-likeness (QED) is 0.758. The van der Waals surface area contributed by atoms with Crippen LogP contribution in [0.5, 0.6) is 0 Å². The summed E-state index contributed by atoms with van der Waals surface area (Å²) >= 11 is 3.40. The van der Waals surface area contributed by atoms with E-state index in [1.807, 2.05) is 38.4 Å². The maximum atomic E-state index is 12.0. The van der Waals surface area contributed by atoms with E-state index in [-0.39, 0.29) is 24.4 Å². The predicted molar refractivity (Wildman–Crippen MR) is 83.4 cm³/mol. The maximum Gasteiger partial charge on any atom is 0.310 e. The molecular formula is C15H16BrN3O3. The van der Waals surface area contributed by atoms with Crippen LogP contribution < -0.4 is 4.90 Å². The van der Waals surface area contributed by atoms with E-state index in [2.05, 4.69) is 26.1 Å². The third-order valence-electron chi connectivity index (χ3n) is 3.59. The van der Waals surface area contributed by atoms with Crippen LogP contribution in [-0.4, -0.2) is 30.2 Å². The molecule has 2 unspecified atom stereocenters. The minimum absolute atomic E-state index is 0.0171. The van der Waals surface area contributed by atoms with Gasteiger partial charge in [-0.3, -0.25) is 4.79 Å². The van der Waals surface area contributed by atoms with Crippen molar-refractivity contribution in [2.45, 2.75) is 18.9 Å². The number of rotatable bonds is 5. The number of nitrogens with zero attached hydrogens (tertiary/aromatic N) is 3. The summed E-state index contributed by atoms with van der Waals surface area (Å²) in [6.45, 7) is 0.0171. The van der Waals surface area contributed by atoms with Crippen molar-refractivity contribution in [3.8, 4) is 0 Å². The summed E-state index contributed by atoms with van der Waals surface area (Å²) in [6, 6.07) is 8.03. The molecule has 1 aliphatic rings. The van der Waals surface area contributed by atoms with Crippen LogP contribution in [-0.2, 0) is 16.1 Å². The van der Waals surface area contributed by atoms with Gasteiger partial charge in [0.15, 0.2) is 6.61 Å². The summed E-state index contributed by atoms with van der Waals surface area (Å²) in [4.78, 5) is 17.9. The molecule has 6 nitrogen and oxygen atoms in total. The minimum atomic E-state index is -0.211. The van der Waals surface area contributed by atoms with E-state index in [1.165, 1.54) is 0 Å². The summed E-state index contributed by atoms with van der Waals surface area (Å²) in [5, 5.41) is 3.77. The van der Waals surface area contributed by atoms with Gasteiger partial charge in [0, 0.05) is 18.6 Å². The van der Waals surface area contributed by atoms with Gasteiger partial charge in [0.25, 0.3) is 11.8 Å². The maximum absolute atomic E-state index is 12.0. The Morgan fingerprint density at radius 1 is 1.41 bits per heavy atom. The van der Waals surface area contributed by atoms with E-state index >= 15 is 0 Å². The van der Waals surface area contributed by atoms with Crippen LogP contribution in [0.1, 0.15) is 23.8 Å². The zero-order valence-electron chi connectivity index (χ0n) is 12.3. The Morgan fingerprint density at radius 3 is 2.77 bits per heavy atom. The van der Waals surface area contributed by atoms with Crippen LogP contribution >= 0.6 is 15.9 Å². The zero-order chi connectivity index (χ0) is 15.7. The molecule has 7 heteroatoms. The van der Waals surface area contributed by atoms with Crippen molar-refractivity contribution in [2.24, 2.45) is 5.92 Å². The van der Waals surface area contributed by atoms with E-state index in [0.717, 1.165) is 16.5 Å². The van der Waals surface area contributed by atoms with Gasteiger partial charge in [-0.25, -0.2) is 0 Å². The van der Waals surface area contributed by atoms with Crippen molar-refractivity contribution in [3.05, 3.63) is 40.2 Å². The average molecular weight is 366 g/mol. The molecule has 0 radical (unpaired) electrons. The molecule has 0 amide bonds. The first-order valence-electron chi connectivity index (χ1n) is 6.96. The number of hydrogen-bond acceptors (Lipinski definition) is 6. The lowest BCUT2D eigenvalue weighted by atomic mass is 10.1. The SMILES string of the molecule is CN(C)c1noc(COC(=O)C2CC2c2ccc(Br)cc2)n1. The third-order valence-corrected chi connectivity index (χ3v) is 4.12. The van der Waals surface area contributed by atoms with E-state index < -0.39 is 0 Å². The molecule has 2 aromatic rings. The van der Waals surface area contributed by atoms with Crippen molar-refractivity contribution >= 4 is 27.8 Å².